The highest BCUT2D eigenvalue weighted by Crippen LogP contribution is 2.20. The quantitative estimate of drug-likeness (QED) is 0.434. The van der Waals surface area contributed by atoms with Gasteiger partial charge in [-0.05, 0) is 34.2 Å². The highest BCUT2D eigenvalue weighted by Gasteiger charge is 2.11. The summed E-state index contributed by atoms with van der Waals surface area (Å²) in [5, 5.41) is 0.693. The molecule has 0 amide bonds. The Kier molecular flexibility index (Phi) is 5.41. The van der Waals surface area contributed by atoms with Crippen LogP contribution in [0.5, 0.6) is 0 Å². The second-order valence-corrected chi connectivity index (χ2v) is 4.98. The summed E-state index contributed by atoms with van der Waals surface area (Å²) in [6.07, 6.45) is 0.518. The maximum atomic E-state index is 11.7. The lowest BCUT2D eigenvalue weighted by atomic mass is 10.0. The normalized spacial score (nSPS) is 10.2. The second-order valence-electron chi connectivity index (χ2n) is 2.76. The number of halogens is 3. The van der Waals surface area contributed by atoms with Crippen LogP contribution in [0.2, 0.25) is 0 Å². The molecule has 0 N–H and O–H groups in total. The van der Waals surface area contributed by atoms with E-state index in [1.807, 2.05) is 18.2 Å². The SMILES string of the molecule is O=C(CCBr)c1cccc(I)c1CCl. The van der Waals surface area contributed by atoms with E-state index in [4.69, 9.17) is 11.6 Å². The fourth-order valence-corrected chi connectivity index (χ4v) is 2.74. The summed E-state index contributed by atoms with van der Waals surface area (Å²) >= 11 is 11.3. The first kappa shape index (κ1) is 12.5. The van der Waals surface area contributed by atoms with Crippen molar-refractivity contribution >= 4 is 55.9 Å². The van der Waals surface area contributed by atoms with Crippen LogP contribution in [-0.4, -0.2) is 11.1 Å². The lowest BCUT2D eigenvalue weighted by Crippen LogP contribution is -2.04. The Morgan fingerprint density at radius 3 is 2.79 bits per heavy atom. The van der Waals surface area contributed by atoms with Crippen LogP contribution < -0.4 is 0 Å². The van der Waals surface area contributed by atoms with Crippen LogP contribution in [-0.2, 0) is 5.88 Å². The Morgan fingerprint density at radius 1 is 1.50 bits per heavy atom. The molecule has 0 atom stereocenters. The summed E-state index contributed by atoms with van der Waals surface area (Å²) in [5.41, 5.74) is 1.70. The molecule has 14 heavy (non-hydrogen) atoms. The highest BCUT2D eigenvalue weighted by molar-refractivity contribution is 14.1. The zero-order valence-corrected chi connectivity index (χ0v) is 11.9. The molecule has 76 valence electrons. The molecule has 0 bridgehead atoms. The largest absolute Gasteiger partial charge is 0.294 e. The molecule has 0 spiro atoms. The van der Waals surface area contributed by atoms with E-state index in [-0.39, 0.29) is 5.78 Å². The number of rotatable bonds is 4. The van der Waals surface area contributed by atoms with E-state index >= 15 is 0 Å². The summed E-state index contributed by atoms with van der Waals surface area (Å²) < 4.78 is 1.05. The molecular formula is C10H9BrClIO. The van der Waals surface area contributed by atoms with Crippen LogP contribution in [0.1, 0.15) is 22.3 Å². The lowest BCUT2D eigenvalue weighted by molar-refractivity contribution is 0.0989. The van der Waals surface area contributed by atoms with Crippen molar-refractivity contribution in [2.45, 2.75) is 12.3 Å². The van der Waals surface area contributed by atoms with Gasteiger partial charge in [-0.25, -0.2) is 0 Å². The van der Waals surface area contributed by atoms with Crippen molar-refractivity contribution in [1.82, 2.24) is 0 Å². The number of Topliss-reactive ketones (excluding diaryl/α,β-unsaturated/α-hetero) is 1. The van der Waals surface area contributed by atoms with Gasteiger partial charge in [0.1, 0.15) is 0 Å². The van der Waals surface area contributed by atoms with Gasteiger partial charge in [-0.15, -0.1) is 11.6 Å². The highest BCUT2D eigenvalue weighted by atomic mass is 127. The van der Waals surface area contributed by atoms with E-state index < -0.39 is 0 Å². The first-order valence-corrected chi connectivity index (χ1v) is 6.86. The van der Waals surface area contributed by atoms with Crippen molar-refractivity contribution in [3.8, 4) is 0 Å². The molecule has 0 aliphatic carbocycles. The first-order chi connectivity index (χ1) is 6.70. The molecule has 0 heterocycles. The summed E-state index contributed by atoms with van der Waals surface area (Å²) in [6.45, 7) is 0. The number of ketones is 1. The Labute approximate surface area is 110 Å². The topological polar surface area (TPSA) is 17.1 Å². The molecule has 0 saturated carbocycles. The molecule has 0 saturated heterocycles. The fraction of sp³-hybridized carbons (Fsp3) is 0.300. The van der Waals surface area contributed by atoms with Crippen molar-refractivity contribution in [1.29, 1.82) is 0 Å². The molecule has 1 rings (SSSR count). The number of carbonyl (C=O) groups excluding carboxylic acids is 1. The number of hydrogen-bond donors (Lipinski definition) is 0. The van der Waals surface area contributed by atoms with E-state index in [9.17, 15) is 4.79 Å². The van der Waals surface area contributed by atoms with Gasteiger partial charge in [0, 0.05) is 26.8 Å². The van der Waals surface area contributed by atoms with Crippen LogP contribution in [0.25, 0.3) is 0 Å². The van der Waals surface area contributed by atoms with Gasteiger partial charge in [0.05, 0.1) is 0 Å². The van der Waals surface area contributed by atoms with Gasteiger partial charge in [-0.3, -0.25) is 4.79 Å². The van der Waals surface area contributed by atoms with Crippen molar-refractivity contribution in [3.63, 3.8) is 0 Å². The average molecular weight is 387 g/mol. The summed E-state index contributed by atoms with van der Waals surface area (Å²) in [7, 11) is 0. The molecule has 1 nitrogen and oxygen atoms in total. The van der Waals surface area contributed by atoms with E-state index in [1.54, 1.807) is 0 Å². The zero-order valence-electron chi connectivity index (χ0n) is 7.40. The minimum absolute atomic E-state index is 0.149. The molecule has 1 aromatic rings. The van der Waals surface area contributed by atoms with Crippen LogP contribution in [0.4, 0.5) is 0 Å². The van der Waals surface area contributed by atoms with E-state index in [1.165, 1.54) is 0 Å². The number of carbonyl (C=O) groups is 1. The third kappa shape index (κ3) is 2.94. The van der Waals surface area contributed by atoms with Gasteiger partial charge in [0.25, 0.3) is 0 Å². The van der Waals surface area contributed by atoms with Crippen LogP contribution in [0.15, 0.2) is 18.2 Å². The van der Waals surface area contributed by atoms with Crippen molar-refractivity contribution in [2.24, 2.45) is 0 Å². The van der Waals surface area contributed by atoms with Crippen LogP contribution >= 0.6 is 50.1 Å². The van der Waals surface area contributed by atoms with E-state index in [0.717, 1.165) is 14.7 Å². The number of benzene rings is 1. The predicted molar refractivity (Wildman–Crippen MR) is 71.5 cm³/mol. The van der Waals surface area contributed by atoms with Crippen molar-refractivity contribution in [2.75, 3.05) is 5.33 Å². The smallest absolute Gasteiger partial charge is 0.164 e. The molecular weight excluding hydrogens is 378 g/mol. The Balaban J connectivity index is 3.07. The minimum Gasteiger partial charge on any atom is -0.294 e. The standard InChI is InChI=1S/C10H9BrClIO/c11-5-4-10(14)7-2-1-3-9(13)8(7)6-12/h1-3H,4-6H2. The van der Waals surface area contributed by atoms with Gasteiger partial charge in [0.15, 0.2) is 5.78 Å². The van der Waals surface area contributed by atoms with Gasteiger partial charge in [0.2, 0.25) is 0 Å². The molecule has 0 radical (unpaired) electrons. The summed E-state index contributed by atoms with van der Waals surface area (Å²) in [5.74, 6) is 0.540. The first-order valence-electron chi connectivity index (χ1n) is 4.13. The lowest BCUT2D eigenvalue weighted by Gasteiger charge is -2.07. The van der Waals surface area contributed by atoms with Gasteiger partial charge in [-0.1, -0.05) is 28.1 Å². The average Bonchev–Trinajstić information content (AvgIpc) is 2.17. The van der Waals surface area contributed by atoms with Crippen LogP contribution in [0.3, 0.4) is 0 Å². The Bertz CT molecular complexity index is 341. The van der Waals surface area contributed by atoms with E-state index in [2.05, 4.69) is 38.5 Å². The molecule has 0 aromatic heterocycles. The van der Waals surface area contributed by atoms with Gasteiger partial charge in [-0.2, -0.15) is 0 Å². The predicted octanol–water partition coefficient (Wildman–Crippen LogP) is 4.00. The molecule has 0 aliphatic heterocycles. The molecule has 0 aliphatic rings. The Morgan fingerprint density at radius 2 is 2.21 bits per heavy atom. The van der Waals surface area contributed by atoms with E-state index in [0.29, 0.717) is 17.6 Å². The summed E-state index contributed by atoms with van der Waals surface area (Å²) in [4.78, 5) is 11.7. The fourth-order valence-electron chi connectivity index (χ4n) is 1.18. The zero-order chi connectivity index (χ0) is 10.6. The molecule has 1 aromatic carbocycles. The molecule has 0 fully saturated rings. The maximum absolute atomic E-state index is 11.7. The Hall–Kier alpha value is 0.390. The monoisotopic (exact) mass is 386 g/mol. The maximum Gasteiger partial charge on any atom is 0.164 e. The molecule has 0 unspecified atom stereocenters. The molecule has 4 heteroatoms. The third-order valence-corrected chi connectivity index (χ3v) is 3.55. The van der Waals surface area contributed by atoms with Gasteiger partial charge >= 0.3 is 0 Å². The van der Waals surface area contributed by atoms with Crippen molar-refractivity contribution < 1.29 is 4.79 Å². The van der Waals surface area contributed by atoms with Gasteiger partial charge < -0.3 is 0 Å². The number of hydrogen-bond acceptors (Lipinski definition) is 1. The summed E-state index contributed by atoms with van der Waals surface area (Å²) in [6, 6.07) is 5.69. The minimum atomic E-state index is 0.149. The van der Waals surface area contributed by atoms with Crippen LogP contribution in [0, 0.1) is 3.57 Å². The second kappa shape index (κ2) is 6.08. The number of alkyl halides is 2. The third-order valence-electron chi connectivity index (χ3n) is 1.87. The van der Waals surface area contributed by atoms with Crippen molar-refractivity contribution in [3.05, 3.63) is 32.9 Å².